The second-order valence-electron chi connectivity index (χ2n) is 4.01. The van der Waals surface area contributed by atoms with Crippen molar-refractivity contribution in [3.63, 3.8) is 0 Å². The normalized spacial score (nSPS) is 18.1. The van der Waals surface area contributed by atoms with Crippen molar-refractivity contribution in [2.24, 2.45) is 0 Å². The van der Waals surface area contributed by atoms with E-state index in [4.69, 9.17) is 11.6 Å². The van der Waals surface area contributed by atoms with Crippen molar-refractivity contribution in [3.05, 3.63) is 34.5 Å². The van der Waals surface area contributed by atoms with Gasteiger partial charge in [0.2, 0.25) is 0 Å². The van der Waals surface area contributed by atoms with Crippen molar-refractivity contribution in [2.45, 2.75) is 19.4 Å². The van der Waals surface area contributed by atoms with Gasteiger partial charge < -0.3 is 5.32 Å². The molecule has 3 heteroatoms. The van der Waals surface area contributed by atoms with Crippen molar-refractivity contribution < 1.29 is 4.39 Å². The second-order valence-corrected chi connectivity index (χ2v) is 4.38. The summed E-state index contributed by atoms with van der Waals surface area (Å²) < 4.78 is 13.5. The van der Waals surface area contributed by atoms with Gasteiger partial charge in [0.25, 0.3) is 0 Å². The van der Waals surface area contributed by atoms with Gasteiger partial charge >= 0.3 is 0 Å². The van der Waals surface area contributed by atoms with Crippen molar-refractivity contribution in [1.82, 2.24) is 5.32 Å². The first-order valence-corrected chi connectivity index (χ1v) is 4.83. The lowest BCUT2D eigenvalue weighted by Gasteiger charge is -2.26. The smallest absolute Gasteiger partial charge is 0.130 e. The summed E-state index contributed by atoms with van der Waals surface area (Å²) >= 11 is 6.02. The first-order valence-electron chi connectivity index (χ1n) is 4.45. The lowest BCUT2D eigenvalue weighted by Crippen LogP contribution is -2.47. The lowest BCUT2D eigenvalue weighted by atomic mass is 10.00. The molecule has 0 amide bonds. The molecule has 74 valence electrons. The van der Waals surface area contributed by atoms with Gasteiger partial charge in [-0.2, -0.15) is 0 Å². The van der Waals surface area contributed by atoms with Crippen LogP contribution in [-0.4, -0.2) is 5.54 Å². The fourth-order valence-corrected chi connectivity index (χ4v) is 2.03. The van der Waals surface area contributed by atoms with E-state index in [9.17, 15) is 4.39 Å². The molecule has 0 aliphatic carbocycles. The van der Waals surface area contributed by atoms with Crippen molar-refractivity contribution >= 4 is 22.8 Å². The summed E-state index contributed by atoms with van der Waals surface area (Å²) in [6.45, 7) is 3.90. The molecule has 1 aliphatic heterocycles. The maximum atomic E-state index is 13.5. The molecule has 1 heterocycles. The predicted octanol–water partition coefficient (Wildman–Crippen LogP) is 1.29. The molecule has 2 rings (SSSR count). The SMILES string of the molecule is CC1(C)C=c2c(F)cccc2=C(Cl)N1. The molecule has 0 atom stereocenters. The monoisotopic (exact) mass is 211 g/mol. The van der Waals surface area contributed by atoms with Gasteiger partial charge in [-0.05, 0) is 26.0 Å². The quantitative estimate of drug-likeness (QED) is 0.638. The van der Waals surface area contributed by atoms with Gasteiger partial charge in [-0.15, -0.1) is 0 Å². The van der Waals surface area contributed by atoms with Crippen LogP contribution in [-0.2, 0) is 0 Å². The molecule has 0 radical (unpaired) electrons. The van der Waals surface area contributed by atoms with Gasteiger partial charge in [0.05, 0.1) is 5.54 Å². The van der Waals surface area contributed by atoms with Crippen LogP contribution in [0, 0.1) is 5.82 Å². The molecule has 14 heavy (non-hydrogen) atoms. The Hall–Kier alpha value is -1.02. The second kappa shape index (κ2) is 2.99. The predicted molar refractivity (Wildman–Crippen MR) is 56.6 cm³/mol. The highest BCUT2D eigenvalue weighted by Crippen LogP contribution is 2.11. The summed E-state index contributed by atoms with van der Waals surface area (Å²) in [5, 5.41) is 4.92. The van der Waals surface area contributed by atoms with Gasteiger partial charge in [0.15, 0.2) is 0 Å². The molecule has 0 saturated carbocycles. The number of nitrogens with one attached hydrogen (secondary N) is 1. The third-order valence-corrected chi connectivity index (χ3v) is 2.52. The van der Waals surface area contributed by atoms with Crippen LogP contribution in [0.25, 0.3) is 11.2 Å². The lowest BCUT2D eigenvalue weighted by molar-refractivity contribution is 0.577. The van der Waals surface area contributed by atoms with Crippen molar-refractivity contribution in [3.8, 4) is 0 Å². The van der Waals surface area contributed by atoms with Crippen LogP contribution in [0.3, 0.4) is 0 Å². The number of halogens is 2. The summed E-state index contributed by atoms with van der Waals surface area (Å²) in [7, 11) is 0. The van der Waals surface area contributed by atoms with E-state index in [1.165, 1.54) is 6.07 Å². The van der Waals surface area contributed by atoms with E-state index >= 15 is 0 Å². The number of hydrogen-bond acceptors (Lipinski definition) is 1. The molecule has 1 aromatic carbocycles. The van der Waals surface area contributed by atoms with Crippen LogP contribution in [0.15, 0.2) is 18.2 Å². The Bertz CT molecular complexity index is 490. The minimum Gasteiger partial charge on any atom is -0.367 e. The van der Waals surface area contributed by atoms with E-state index < -0.39 is 0 Å². The largest absolute Gasteiger partial charge is 0.367 e. The minimum atomic E-state index is -0.299. The molecule has 0 fully saturated rings. The van der Waals surface area contributed by atoms with Crippen LogP contribution in [0.2, 0.25) is 0 Å². The van der Waals surface area contributed by atoms with Crippen LogP contribution < -0.4 is 15.8 Å². The van der Waals surface area contributed by atoms with Gasteiger partial charge in [0, 0.05) is 10.4 Å². The standard InChI is InChI=1S/C11H11ClFN/c1-11(2)6-8-7(10(12)14-11)4-3-5-9(8)13/h3-6,14H,1-2H3. The molecule has 1 aromatic rings. The van der Waals surface area contributed by atoms with Crippen LogP contribution in [0.5, 0.6) is 0 Å². The third-order valence-electron chi connectivity index (χ3n) is 2.23. The number of fused-ring (bicyclic) bond motifs is 1. The molecule has 1 nitrogen and oxygen atoms in total. The summed E-state index contributed by atoms with van der Waals surface area (Å²) in [4.78, 5) is 0. The Morgan fingerprint density at radius 3 is 2.79 bits per heavy atom. The summed E-state index contributed by atoms with van der Waals surface area (Å²) in [6, 6.07) is 4.91. The summed E-state index contributed by atoms with van der Waals surface area (Å²) in [5.41, 5.74) is -0.299. The Balaban J connectivity index is 2.88. The zero-order chi connectivity index (χ0) is 10.3. The Morgan fingerprint density at radius 1 is 1.36 bits per heavy atom. The first-order chi connectivity index (χ1) is 6.49. The Kier molecular flexibility index (Phi) is 2.04. The van der Waals surface area contributed by atoms with E-state index in [1.807, 2.05) is 19.9 Å². The molecule has 0 aromatic heterocycles. The highest BCUT2D eigenvalue weighted by molar-refractivity contribution is 6.44. The molecule has 0 spiro atoms. The van der Waals surface area contributed by atoms with E-state index in [-0.39, 0.29) is 11.4 Å². The minimum absolute atomic E-state index is 0.227. The maximum absolute atomic E-state index is 13.5. The zero-order valence-electron chi connectivity index (χ0n) is 8.07. The van der Waals surface area contributed by atoms with Crippen LogP contribution >= 0.6 is 11.6 Å². The van der Waals surface area contributed by atoms with E-state index in [2.05, 4.69) is 5.32 Å². The Labute approximate surface area is 86.9 Å². The molecule has 0 bridgehead atoms. The average Bonchev–Trinajstić information content (AvgIpc) is 2.05. The average molecular weight is 212 g/mol. The molecule has 1 N–H and O–H groups in total. The maximum Gasteiger partial charge on any atom is 0.130 e. The van der Waals surface area contributed by atoms with Gasteiger partial charge in [-0.3, -0.25) is 0 Å². The van der Waals surface area contributed by atoms with Gasteiger partial charge in [-0.25, -0.2) is 4.39 Å². The van der Waals surface area contributed by atoms with Gasteiger partial charge in [-0.1, -0.05) is 23.7 Å². The topological polar surface area (TPSA) is 12.0 Å². The highest BCUT2D eigenvalue weighted by Gasteiger charge is 2.19. The molecular weight excluding hydrogens is 201 g/mol. The highest BCUT2D eigenvalue weighted by atomic mass is 35.5. The fraction of sp³-hybridized carbons (Fsp3) is 0.273. The number of benzene rings is 1. The number of rotatable bonds is 0. The summed E-state index contributed by atoms with van der Waals surface area (Å²) in [6.07, 6.45) is 1.85. The molecule has 0 unspecified atom stereocenters. The van der Waals surface area contributed by atoms with Gasteiger partial charge in [0.1, 0.15) is 11.0 Å². The van der Waals surface area contributed by atoms with E-state index in [0.717, 1.165) is 5.22 Å². The molecule has 1 aliphatic rings. The van der Waals surface area contributed by atoms with Crippen molar-refractivity contribution in [2.75, 3.05) is 0 Å². The van der Waals surface area contributed by atoms with E-state index in [0.29, 0.717) is 10.4 Å². The van der Waals surface area contributed by atoms with Crippen LogP contribution in [0.4, 0.5) is 4.39 Å². The third kappa shape index (κ3) is 1.50. The fourth-order valence-electron chi connectivity index (χ4n) is 1.62. The van der Waals surface area contributed by atoms with Crippen molar-refractivity contribution in [1.29, 1.82) is 0 Å². The summed E-state index contributed by atoms with van der Waals surface area (Å²) in [5.74, 6) is -0.227. The zero-order valence-corrected chi connectivity index (χ0v) is 8.82. The van der Waals surface area contributed by atoms with Crippen LogP contribution in [0.1, 0.15) is 13.8 Å². The Morgan fingerprint density at radius 2 is 2.07 bits per heavy atom. The molecular formula is C11H11ClFN. The number of hydrogen-bond donors (Lipinski definition) is 1. The molecule has 0 saturated heterocycles. The van der Waals surface area contributed by atoms with E-state index in [1.54, 1.807) is 12.1 Å². The first kappa shape index (κ1) is 9.53.